The molecule has 1 heterocycles. The molecule has 1 saturated heterocycles. The number of urea groups is 1. The molecule has 0 saturated carbocycles. The van der Waals surface area contributed by atoms with Crippen molar-refractivity contribution in [2.24, 2.45) is 0 Å². The maximum Gasteiger partial charge on any atom is 0.319 e. The van der Waals surface area contributed by atoms with Crippen molar-refractivity contribution in [3.63, 3.8) is 0 Å². The molecule has 0 radical (unpaired) electrons. The van der Waals surface area contributed by atoms with E-state index in [1.54, 1.807) is 7.11 Å². The SMILES string of the molecule is COc1ccc(C2CN(C)CCC2NC(=O)Nc2ccc(C)cc2)cc1. The normalized spacial score (nSPS) is 20.4. The third kappa shape index (κ3) is 4.55. The number of likely N-dealkylation sites (tertiary alicyclic amines) is 1. The molecule has 26 heavy (non-hydrogen) atoms. The fourth-order valence-corrected chi connectivity index (χ4v) is 3.45. The van der Waals surface area contributed by atoms with Gasteiger partial charge in [0.1, 0.15) is 5.75 Å². The van der Waals surface area contributed by atoms with Gasteiger partial charge in [-0.05, 0) is 56.8 Å². The van der Waals surface area contributed by atoms with Crippen LogP contribution in [-0.2, 0) is 0 Å². The minimum atomic E-state index is -0.151. The van der Waals surface area contributed by atoms with Gasteiger partial charge in [-0.15, -0.1) is 0 Å². The summed E-state index contributed by atoms with van der Waals surface area (Å²) in [4.78, 5) is 14.8. The number of likely N-dealkylation sites (N-methyl/N-ethyl adjacent to an activating group) is 1. The van der Waals surface area contributed by atoms with E-state index in [0.717, 1.165) is 30.9 Å². The molecular formula is C21H27N3O2. The van der Waals surface area contributed by atoms with Crippen LogP contribution in [0.3, 0.4) is 0 Å². The quantitative estimate of drug-likeness (QED) is 0.883. The monoisotopic (exact) mass is 353 g/mol. The Hall–Kier alpha value is -2.53. The summed E-state index contributed by atoms with van der Waals surface area (Å²) in [6.07, 6.45) is 0.925. The number of nitrogens with one attached hydrogen (secondary N) is 2. The highest BCUT2D eigenvalue weighted by atomic mass is 16.5. The molecule has 1 aliphatic heterocycles. The van der Waals surface area contributed by atoms with Gasteiger partial charge < -0.3 is 20.3 Å². The zero-order chi connectivity index (χ0) is 18.5. The number of hydrogen-bond acceptors (Lipinski definition) is 3. The van der Waals surface area contributed by atoms with E-state index in [4.69, 9.17) is 4.74 Å². The van der Waals surface area contributed by atoms with Gasteiger partial charge in [-0.1, -0.05) is 29.8 Å². The number of aryl methyl sites for hydroxylation is 1. The zero-order valence-electron chi connectivity index (χ0n) is 15.7. The van der Waals surface area contributed by atoms with E-state index in [1.165, 1.54) is 11.1 Å². The molecular weight excluding hydrogens is 326 g/mol. The minimum absolute atomic E-state index is 0.102. The fraction of sp³-hybridized carbons (Fsp3) is 0.381. The van der Waals surface area contributed by atoms with Gasteiger partial charge in [-0.3, -0.25) is 0 Å². The van der Waals surface area contributed by atoms with Crippen molar-refractivity contribution in [2.75, 3.05) is 32.6 Å². The van der Waals surface area contributed by atoms with Crippen molar-refractivity contribution < 1.29 is 9.53 Å². The van der Waals surface area contributed by atoms with Crippen molar-refractivity contribution in [2.45, 2.75) is 25.3 Å². The van der Waals surface area contributed by atoms with Crippen LogP contribution in [0.5, 0.6) is 5.75 Å². The van der Waals surface area contributed by atoms with Crippen LogP contribution >= 0.6 is 0 Å². The lowest BCUT2D eigenvalue weighted by atomic mass is 9.86. The summed E-state index contributed by atoms with van der Waals surface area (Å²) >= 11 is 0. The zero-order valence-corrected chi connectivity index (χ0v) is 15.7. The van der Waals surface area contributed by atoms with E-state index in [0.29, 0.717) is 0 Å². The number of benzene rings is 2. The van der Waals surface area contributed by atoms with E-state index >= 15 is 0 Å². The van der Waals surface area contributed by atoms with E-state index in [1.807, 2.05) is 43.3 Å². The first kappa shape index (κ1) is 18.3. The van der Waals surface area contributed by atoms with E-state index < -0.39 is 0 Å². The summed E-state index contributed by atoms with van der Waals surface area (Å²) in [5, 5.41) is 6.11. The number of piperidine rings is 1. The molecule has 1 aliphatic rings. The summed E-state index contributed by atoms with van der Waals surface area (Å²) in [6.45, 7) is 3.92. The Morgan fingerprint density at radius 1 is 1.12 bits per heavy atom. The third-order valence-electron chi connectivity index (χ3n) is 4.99. The first-order chi connectivity index (χ1) is 12.5. The van der Waals surface area contributed by atoms with Crippen molar-refractivity contribution in [1.82, 2.24) is 10.2 Å². The average Bonchev–Trinajstić information content (AvgIpc) is 2.65. The van der Waals surface area contributed by atoms with Gasteiger partial charge >= 0.3 is 6.03 Å². The van der Waals surface area contributed by atoms with Gasteiger partial charge in [0.05, 0.1) is 7.11 Å². The average molecular weight is 353 g/mol. The summed E-state index contributed by atoms with van der Waals surface area (Å²) in [7, 11) is 3.79. The Balaban J connectivity index is 1.68. The molecule has 2 N–H and O–H groups in total. The van der Waals surface area contributed by atoms with Crippen molar-refractivity contribution >= 4 is 11.7 Å². The number of anilines is 1. The molecule has 0 spiro atoms. The Morgan fingerprint density at radius 3 is 2.46 bits per heavy atom. The topological polar surface area (TPSA) is 53.6 Å². The number of hydrogen-bond donors (Lipinski definition) is 2. The smallest absolute Gasteiger partial charge is 0.319 e. The highest BCUT2D eigenvalue weighted by Gasteiger charge is 2.30. The van der Waals surface area contributed by atoms with E-state index in [9.17, 15) is 4.79 Å². The van der Waals surface area contributed by atoms with Crippen LogP contribution in [0.15, 0.2) is 48.5 Å². The lowest BCUT2D eigenvalue weighted by Crippen LogP contribution is -2.49. The molecule has 2 unspecified atom stereocenters. The van der Waals surface area contributed by atoms with Crippen LogP contribution in [0.25, 0.3) is 0 Å². The maximum atomic E-state index is 12.5. The van der Waals surface area contributed by atoms with Crippen LogP contribution in [-0.4, -0.2) is 44.2 Å². The van der Waals surface area contributed by atoms with Gasteiger partial charge in [-0.25, -0.2) is 4.79 Å². The lowest BCUT2D eigenvalue weighted by Gasteiger charge is -2.37. The summed E-state index contributed by atoms with van der Waals surface area (Å²) in [5.74, 6) is 1.10. The molecule has 0 aromatic heterocycles. The fourth-order valence-electron chi connectivity index (χ4n) is 3.45. The van der Waals surface area contributed by atoms with E-state index in [-0.39, 0.29) is 18.0 Å². The van der Waals surface area contributed by atoms with Gasteiger partial charge in [-0.2, -0.15) is 0 Å². The van der Waals surface area contributed by atoms with Gasteiger partial charge in [0, 0.05) is 24.2 Å². The lowest BCUT2D eigenvalue weighted by molar-refractivity contribution is 0.202. The van der Waals surface area contributed by atoms with Crippen LogP contribution in [0.2, 0.25) is 0 Å². The van der Waals surface area contributed by atoms with Crippen molar-refractivity contribution in [1.29, 1.82) is 0 Å². The van der Waals surface area contributed by atoms with Crippen LogP contribution < -0.4 is 15.4 Å². The molecule has 5 heteroatoms. The second-order valence-corrected chi connectivity index (χ2v) is 7.00. The predicted octanol–water partition coefficient (Wildman–Crippen LogP) is 3.61. The molecule has 2 amide bonds. The molecule has 2 aromatic carbocycles. The molecule has 2 aromatic rings. The highest BCUT2D eigenvalue weighted by molar-refractivity contribution is 5.89. The Kier molecular flexibility index (Phi) is 5.78. The van der Waals surface area contributed by atoms with Crippen LogP contribution in [0.4, 0.5) is 10.5 Å². The largest absolute Gasteiger partial charge is 0.497 e. The summed E-state index contributed by atoms with van der Waals surface area (Å²) < 4.78 is 5.25. The number of nitrogens with zero attached hydrogens (tertiary/aromatic N) is 1. The second-order valence-electron chi connectivity index (χ2n) is 7.00. The Morgan fingerprint density at radius 2 is 1.81 bits per heavy atom. The van der Waals surface area contributed by atoms with Gasteiger partial charge in [0.15, 0.2) is 0 Å². The minimum Gasteiger partial charge on any atom is -0.497 e. The van der Waals surface area contributed by atoms with E-state index in [2.05, 4.69) is 34.7 Å². The van der Waals surface area contributed by atoms with Gasteiger partial charge in [0.25, 0.3) is 0 Å². The second kappa shape index (κ2) is 8.23. The molecule has 0 aliphatic carbocycles. The first-order valence-electron chi connectivity index (χ1n) is 9.02. The molecule has 2 atom stereocenters. The summed E-state index contributed by atoms with van der Waals surface area (Å²) in [6, 6.07) is 15.9. The molecule has 0 bridgehead atoms. The number of carbonyl (C=O) groups excluding carboxylic acids is 1. The predicted molar refractivity (Wildman–Crippen MR) is 105 cm³/mol. The van der Waals surface area contributed by atoms with Crippen molar-refractivity contribution in [3.8, 4) is 5.75 Å². The third-order valence-corrected chi connectivity index (χ3v) is 4.99. The maximum absolute atomic E-state index is 12.5. The number of methoxy groups -OCH3 is 1. The number of ether oxygens (including phenoxy) is 1. The molecule has 5 nitrogen and oxygen atoms in total. The van der Waals surface area contributed by atoms with Crippen LogP contribution in [0, 0.1) is 6.92 Å². The highest BCUT2D eigenvalue weighted by Crippen LogP contribution is 2.28. The first-order valence-corrected chi connectivity index (χ1v) is 9.02. The Bertz CT molecular complexity index is 728. The van der Waals surface area contributed by atoms with Crippen molar-refractivity contribution in [3.05, 3.63) is 59.7 Å². The molecule has 1 fully saturated rings. The molecule has 138 valence electrons. The molecule has 3 rings (SSSR count). The number of carbonyl (C=O) groups is 1. The standard InChI is InChI=1S/C21H27N3O2/c1-15-4-8-17(9-5-15)22-21(25)23-20-12-13-24(2)14-19(20)16-6-10-18(26-3)11-7-16/h4-11,19-20H,12-14H2,1-3H3,(H2,22,23,25). The Labute approximate surface area is 155 Å². The number of amides is 2. The van der Waals surface area contributed by atoms with Gasteiger partial charge in [0.2, 0.25) is 0 Å². The van der Waals surface area contributed by atoms with Crippen LogP contribution in [0.1, 0.15) is 23.5 Å². The number of rotatable bonds is 4. The summed E-state index contributed by atoms with van der Waals surface area (Å²) in [5.41, 5.74) is 3.20.